The van der Waals surface area contributed by atoms with Crippen LogP contribution in [0.3, 0.4) is 0 Å². The predicted octanol–water partition coefficient (Wildman–Crippen LogP) is 1.91. The summed E-state index contributed by atoms with van der Waals surface area (Å²) in [6.07, 6.45) is 0. The second-order valence-electron chi connectivity index (χ2n) is 4.12. The van der Waals surface area contributed by atoms with Crippen LogP contribution in [0.2, 0.25) is 0 Å². The molecule has 0 radical (unpaired) electrons. The maximum Gasteiger partial charge on any atom is 0.234 e. The molecule has 0 aliphatic carbocycles. The molecule has 6 nitrogen and oxygen atoms in total. The molecular weight excluding hydrogens is 361 g/mol. The third kappa shape index (κ3) is 4.02. The fraction of sp³-hybridized carbons (Fsp3) is 0.250. The van der Waals surface area contributed by atoms with Gasteiger partial charge in [0.2, 0.25) is 5.91 Å². The normalized spacial score (nSPS) is 10.7. The number of anilines is 1. The van der Waals surface area contributed by atoms with Crippen molar-refractivity contribution in [1.29, 1.82) is 0 Å². The van der Waals surface area contributed by atoms with E-state index in [0.29, 0.717) is 15.5 Å². The number of aromatic nitrogens is 3. The average molecular weight is 374 g/mol. The van der Waals surface area contributed by atoms with Crippen LogP contribution >= 0.6 is 27.7 Å². The third-order valence-electron chi connectivity index (χ3n) is 2.65. The molecule has 112 valence electrons. The summed E-state index contributed by atoms with van der Waals surface area (Å²) in [5.74, 6) is -0.0753. The van der Waals surface area contributed by atoms with Crippen molar-refractivity contribution in [2.24, 2.45) is 12.8 Å². The van der Waals surface area contributed by atoms with Crippen LogP contribution in [0.25, 0.3) is 0 Å². The van der Waals surface area contributed by atoms with Gasteiger partial charge in [-0.2, -0.15) is 0 Å². The SMILES string of the molecule is Cn1c(CN)nnc1SCC(=O)Nc1ccc(Br)cc1F. The highest BCUT2D eigenvalue weighted by Gasteiger charge is 2.12. The van der Waals surface area contributed by atoms with Gasteiger partial charge < -0.3 is 15.6 Å². The van der Waals surface area contributed by atoms with E-state index in [-0.39, 0.29) is 23.9 Å². The van der Waals surface area contributed by atoms with Gasteiger partial charge in [0.15, 0.2) is 5.16 Å². The Hall–Kier alpha value is -1.45. The summed E-state index contributed by atoms with van der Waals surface area (Å²) in [4.78, 5) is 11.8. The van der Waals surface area contributed by atoms with Gasteiger partial charge in [0.25, 0.3) is 0 Å². The van der Waals surface area contributed by atoms with Crippen LogP contribution in [-0.2, 0) is 18.4 Å². The number of thioether (sulfide) groups is 1. The molecule has 0 fully saturated rings. The number of amides is 1. The van der Waals surface area contributed by atoms with Crippen molar-refractivity contribution < 1.29 is 9.18 Å². The molecule has 1 aromatic carbocycles. The smallest absolute Gasteiger partial charge is 0.234 e. The van der Waals surface area contributed by atoms with Gasteiger partial charge in [-0.1, -0.05) is 27.7 Å². The summed E-state index contributed by atoms with van der Waals surface area (Å²) in [6, 6.07) is 4.44. The number of nitrogens with zero attached hydrogens (tertiary/aromatic N) is 3. The standard InChI is InChI=1S/C12H13BrFN5OS/c1-19-10(5-15)17-18-12(19)21-6-11(20)16-9-3-2-7(13)4-8(9)14/h2-4H,5-6,15H2,1H3,(H,16,20). The number of carbonyl (C=O) groups excluding carboxylic acids is 1. The highest BCUT2D eigenvalue weighted by Crippen LogP contribution is 2.20. The zero-order chi connectivity index (χ0) is 15.4. The van der Waals surface area contributed by atoms with E-state index in [1.165, 1.54) is 23.9 Å². The van der Waals surface area contributed by atoms with Crippen molar-refractivity contribution >= 4 is 39.3 Å². The first-order chi connectivity index (χ1) is 10.0. The summed E-state index contributed by atoms with van der Waals surface area (Å²) in [7, 11) is 1.77. The zero-order valence-electron chi connectivity index (χ0n) is 11.1. The molecule has 1 heterocycles. The number of benzene rings is 1. The minimum absolute atomic E-state index is 0.103. The Balaban J connectivity index is 1.94. The maximum absolute atomic E-state index is 13.6. The Bertz CT molecular complexity index is 663. The molecule has 0 saturated heterocycles. The van der Waals surface area contributed by atoms with E-state index in [0.717, 1.165) is 0 Å². The van der Waals surface area contributed by atoms with Crippen LogP contribution < -0.4 is 11.1 Å². The second-order valence-corrected chi connectivity index (χ2v) is 5.98. The fourth-order valence-electron chi connectivity index (χ4n) is 1.56. The molecule has 2 rings (SSSR count). The fourth-order valence-corrected chi connectivity index (χ4v) is 2.62. The number of carbonyl (C=O) groups is 1. The van der Waals surface area contributed by atoms with Crippen molar-refractivity contribution in [2.45, 2.75) is 11.7 Å². The van der Waals surface area contributed by atoms with Gasteiger partial charge in [-0.3, -0.25) is 4.79 Å². The van der Waals surface area contributed by atoms with Crippen LogP contribution in [0, 0.1) is 5.82 Å². The van der Waals surface area contributed by atoms with Crippen molar-refractivity contribution in [3.8, 4) is 0 Å². The van der Waals surface area contributed by atoms with Crippen molar-refractivity contribution in [3.63, 3.8) is 0 Å². The van der Waals surface area contributed by atoms with Crippen molar-refractivity contribution in [3.05, 3.63) is 34.3 Å². The average Bonchev–Trinajstić information content (AvgIpc) is 2.80. The number of nitrogens with one attached hydrogen (secondary N) is 1. The number of halogens is 2. The molecule has 3 N–H and O–H groups in total. The predicted molar refractivity (Wildman–Crippen MR) is 82.3 cm³/mol. The number of hydrogen-bond donors (Lipinski definition) is 2. The Morgan fingerprint density at radius 1 is 1.52 bits per heavy atom. The van der Waals surface area contributed by atoms with Crippen molar-refractivity contribution in [2.75, 3.05) is 11.1 Å². The van der Waals surface area contributed by atoms with Crippen LogP contribution in [0.4, 0.5) is 10.1 Å². The lowest BCUT2D eigenvalue weighted by atomic mass is 10.3. The Labute approximate surface area is 133 Å². The molecule has 0 atom stereocenters. The largest absolute Gasteiger partial charge is 0.324 e. The Kier molecular flexibility index (Phi) is 5.32. The number of rotatable bonds is 5. The van der Waals surface area contributed by atoms with Gasteiger partial charge in [0.1, 0.15) is 11.6 Å². The van der Waals surface area contributed by atoms with Crippen LogP contribution in [0.15, 0.2) is 27.8 Å². The van der Waals surface area contributed by atoms with E-state index >= 15 is 0 Å². The second kappa shape index (κ2) is 7.01. The molecular formula is C12H13BrFN5OS. The lowest BCUT2D eigenvalue weighted by Gasteiger charge is -2.06. The molecule has 21 heavy (non-hydrogen) atoms. The third-order valence-corrected chi connectivity index (χ3v) is 4.16. The molecule has 1 aromatic heterocycles. The van der Waals surface area contributed by atoms with E-state index in [1.54, 1.807) is 17.7 Å². The summed E-state index contributed by atoms with van der Waals surface area (Å²) in [5.41, 5.74) is 5.64. The van der Waals surface area contributed by atoms with Gasteiger partial charge in [-0.25, -0.2) is 4.39 Å². The molecule has 1 amide bonds. The summed E-state index contributed by atoms with van der Waals surface area (Å²) in [6.45, 7) is 0.278. The summed E-state index contributed by atoms with van der Waals surface area (Å²) >= 11 is 4.37. The molecule has 9 heteroatoms. The van der Waals surface area contributed by atoms with Gasteiger partial charge >= 0.3 is 0 Å². The highest BCUT2D eigenvalue weighted by molar-refractivity contribution is 9.10. The maximum atomic E-state index is 13.6. The van der Waals surface area contributed by atoms with E-state index in [4.69, 9.17) is 5.73 Å². The van der Waals surface area contributed by atoms with E-state index in [2.05, 4.69) is 31.4 Å². The minimum Gasteiger partial charge on any atom is -0.324 e. The van der Waals surface area contributed by atoms with Crippen molar-refractivity contribution in [1.82, 2.24) is 14.8 Å². The Morgan fingerprint density at radius 2 is 2.29 bits per heavy atom. The molecule has 0 aliphatic rings. The summed E-state index contributed by atoms with van der Waals surface area (Å²) in [5, 5.41) is 10.9. The molecule has 0 unspecified atom stereocenters. The van der Waals surface area contributed by atoms with E-state index < -0.39 is 5.82 Å². The molecule has 0 aliphatic heterocycles. The molecule has 0 saturated carbocycles. The topological polar surface area (TPSA) is 85.8 Å². The monoisotopic (exact) mass is 373 g/mol. The van der Waals surface area contributed by atoms with Gasteiger partial charge in [-0.05, 0) is 18.2 Å². The van der Waals surface area contributed by atoms with Gasteiger partial charge in [0.05, 0.1) is 18.0 Å². The summed E-state index contributed by atoms with van der Waals surface area (Å²) < 4.78 is 15.9. The van der Waals surface area contributed by atoms with Gasteiger partial charge in [0, 0.05) is 11.5 Å². The van der Waals surface area contributed by atoms with E-state index in [9.17, 15) is 9.18 Å². The zero-order valence-corrected chi connectivity index (χ0v) is 13.5. The molecule has 0 bridgehead atoms. The highest BCUT2D eigenvalue weighted by atomic mass is 79.9. The molecule has 0 spiro atoms. The number of nitrogens with two attached hydrogens (primary N) is 1. The van der Waals surface area contributed by atoms with Gasteiger partial charge in [-0.15, -0.1) is 10.2 Å². The first-order valence-corrected chi connectivity index (χ1v) is 7.75. The first-order valence-electron chi connectivity index (χ1n) is 5.97. The van der Waals surface area contributed by atoms with Crippen LogP contribution in [0.5, 0.6) is 0 Å². The Morgan fingerprint density at radius 3 is 2.90 bits per heavy atom. The lowest BCUT2D eigenvalue weighted by molar-refractivity contribution is -0.113. The minimum atomic E-state index is -0.494. The van der Waals surface area contributed by atoms with Crippen LogP contribution in [-0.4, -0.2) is 26.4 Å². The van der Waals surface area contributed by atoms with E-state index in [1.807, 2.05) is 0 Å². The first kappa shape index (κ1) is 15.9. The van der Waals surface area contributed by atoms with Crippen LogP contribution in [0.1, 0.15) is 5.82 Å². The molecule has 2 aromatic rings. The quantitative estimate of drug-likeness (QED) is 0.781. The number of hydrogen-bond acceptors (Lipinski definition) is 5. The lowest BCUT2D eigenvalue weighted by Crippen LogP contribution is -2.15.